The minimum Gasteiger partial charge on any atom is -0.508 e. The Kier molecular flexibility index (Phi) is 32.4. The molecule has 0 atom stereocenters. The molecule has 14 aromatic carbocycles. The predicted octanol–water partition coefficient (Wildman–Crippen LogP) is 21.6. The lowest BCUT2D eigenvalue weighted by Gasteiger charge is -2.14. The lowest BCUT2D eigenvalue weighted by molar-refractivity contribution is 0.103. The highest BCUT2D eigenvalue weighted by molar-refractivity contribution is 7.99. The fourth-order valence-corrected chi connectivity index (χ4v) is 13.0. The average molecular weight is 1600 g/mol. The molecule has 0 aliphatic carbocycles. The molecule has 0 spiro atoms. The van der Waals surface area contributed by atoms with Crippen molar-refractivity contribution in [3.8, 4) is 115 Å². The number of phenolic OH excluding ortho intramolecular Hbond substituents is 14. The Labute approximate surface area is 677 Å². The van der Waals surface area contributed by atoms with E-state index in [4.69, 9.17) is 65.6 Å². The van der Waals surface area contributed by atoms with Crippen LogP contribution in [-0.4, -0.2) is 85.7 Å². The van der Waals surface area contributed by atoms with Crippen molar-refractivity contribution in [1.29, 1.82) is 0 Å². The normalized spacial score (nSPS) is 10.4. The van der Waals surface area contributed by atoms with Crippen molar-refractivity contribution in [3.05, 3.63) is 359 Å². The summed E-state index contributed by atoms with van der Waals surface area (Å²) in [4.78, 5) is 14.2. The van der Waals surface area contributed by atoms with Crippen LogP contribution in [0.2, 0.25) is 0 Å². The molecule has 0 fully saturated rings. The van der Waals surface area contributed by atoms with Crippen LogP contribution in [0.1, 0.15) is 81.6 Å². The zero-order valence-electron chi connectivity index (χ0n) is 64.1. The van der Waals surface area contributed by atoms with E-state index in [0.717, 1.165) is 80.8 Å². The average Bonchev–Trinajstić information content (AvgIpc) is 0.805. The second kappa shape index (κ2) is 43.0. The number of aryl methyl sites for hydroxylation is 5. The summed E-state index contributed by atoms with van der Waals surface area (Å²) in [5.41, 5.74) is 10.5. The van der Waals surface area contributed by atoms with Gasteiger partial charge >= 0.3 is 0 Å². The van der Waals surface area contributed by atoms with Gasteiger partial charge in [-0.2, -0.15) is 0 Å². The second-order valence-corrected chi connectivity index (χ2v) is 29.3. The van der Waals surface area contributed by atoms with Crippen LogP contribution in [0, 0.1) is 20.8 Å². The SMILES string of the molecule is CCCc1cc(Cc2cc(C)c(O)c(CCC)c2)c(C)cc1O.Cc1cc(O)ccc1Oc1ccc(O)cc1.O=C(c1ccc(O)cc1)c1ccc(O)cc1.O=S(=O)(c1ccc(O)cc1)c1ccc(O)cc1.Oc1ccc(-c2ccc(O)cc2)cc1.Oc1ccc(Oc2ccc(O)cc2)cc1.Oc1ccc(Sc2ccc(O)cc2)cc1. The molecule has 0 unspecified atom stereocenters. The van der Waals surface area contributed by atoms with Crippen LogP contribution in [-0.2, 0) is 29.1 Å². The lowest BCUT2D eigenvalue weighted by Crippen LogP contribution is -2.01. The maximum Gasteiger partial charge on any atom is 0.206 e. The Morgan fingerprint density at radius 1 is 0.310 bits per heavy atom. The molecule has 0 saturated carbocycles. The largest absolute Gasteiger partial charge is 0.508 e. The molecule has 116 heavy (non-hydrogen) atoms. The number of sulfone groups is 1. The van der Waals surface area contributed by atoms with Crippen LogP contribution in [0.15, 0.2) is 329 Å². The standard InChI is InChI=1S/C21H28O2.C13H12O3.C13H10O3.C12H10O4S.C12H10O3.C12H10O2S.C12H10O2/c1-5-7-17-13-19(14(3)10-20(17)22)12-16-9-15(4)21(23)18(11-16)8-6-2;1-9-8-11(15)4-7-13(9)16-12-5-2-10(14)3-6-12;14-11-5-1-9(2-6-11)13(16)10-3-7-12(15)8-4-10;13-9-1-5-11(6-2-9)17(15,16)12-7-3-10(14)4-8-12;2*13-9-1-5-11(6-2-9)15-12-7-3-10(14)4-8-12;13-11-5-1-9(2-6-11)10-3-7-12(14)8-4-10/h9-11,13,22-23H,5-8,12H2,1-4H3;2-8,14-15H,1H3;1-8,14-15H;1-8,13-14H;2*1-8,13-14H;1-8,13-14H. The van der Waals surface area contributed by atoms with E-state index < -0.39 is 9.84 Å². The summed E-state index contributed by atoms with van der Waals surface area (Å²) in [6, 6.07) is 83.1. The van der Waals surface area contributed by atoms with Gasteiger partial charge in [0.25, 0.3) is 0 Å². The van der Waals surface area contributed by atoms with E-state index in [1.54, 1.807) is 176 Å². The Morgan fingerprint density at radius 2 is 0.629 bits per heavy atom. The minimum atomic E-state index is -3.59. The van der Waals surface area contributed by atoms with Gasteiger partial charge in [0.05, 0.1) is 9.79 Å². The van der Waals surface area contributed by atoms with E-state index in [1.807, 2.05) is 75.4 Å². The maximum atomic E-state index is 12.1. The van der Waals surface area contributed by atoms with E-state index in [-0.39, 0.29) is 84.6 Å². The van der Waals surface area contributed by atoms with Crippen molar-refractivity contribution in [2.75, 3.05) is 0 Å². The topological polar surface area (TPSA) is 353 Å². The maximum absolute atomic E-state index is 12.1. The molecule has 0 aliphatic rings. The molecular weight excluding hydrogens is 1510 g/mol. The number of phenols is 14. The summed E-state index contributed by atoms with van der Waals surface area (Å²) in [7, 11) is -3.59. The van der Waals surface area contributed by atoms with E-state index in [2.05, 4.69) is 32.0 Å². The third-order valence-corrected chi connectivity index (χ3v) is 19.9. The number of ketones is 1. The molecule has 0 amide bonds. The minimum absolute atomic E-state index is 0.00894. The number of aromatic hydroxyl groups is 14. The number of carbonyl (C=O) groups excluding carboxylic acids is 1. The van der Waals surface area contributed by atoms with Gasteiger partial charge < -0.3 is 81.0 Å². The first-order valence-electron chi connectivity index (χ1n) is 36.5. The van der Waals surface area contributed by atoms with Crippen LogP contribution in [0.5, 0.6) is 103 Å². The van der Waals surface area contributed by atoms with Gasteiger partial charge in [-0.05, 0) is 357 Å². The molecule has 0 aromatic heterocycles. The summed E-state index contributed by atoms with van der Waals surface area (Å²) in [6.07, 6.45) is 4.68. The molecule has 14 aromatic rings. The van der Waals surface area contributed by atoms with Gasteiger partial charge in [0, 0.05) is 20.9 Å². The molecule has 0 radical (unpaired) electrons. The summed E-state index contributed by atoms with van der Waals surface area (Å²) in [5.74, 6) is 5.45. The third kappa shape index (κ3) is 27.9. The van der Waals surface area contributed by atoms with Gasteiger partial charge in [-0.3, -0.25) is 4.79 Å². The monoisotopic (exact) mass is 1600 g/mol. The lowest BCUT2D eigenvalue weighted by atomic mass is 9.93. The van der Waals surface area contributed by atoms with Crippen LogP contribution < -0.4 is 9.47 Å². The highest BCUT2D eigenvalue weighted by atomic mass is 32.2. The van der Waals surface area contributed by atoms with Crippen molar-refractivity contribution in [3.63, 3.8) is 0 Å². The van der Waals surface area contributed by atoms with Gasteiger partial charge in [0.2, 0.25) is 9.84 Å². The van der Waals surface area contributed by atoms with Crippen molar-refractivity contribution in [2.24, 2.45) is 0 Å². The predicted molar refractivity (Wildman–Crippen MR) is 451 cm³/mol. The first kappa shape index (κ1) is 87.4. The number of carbonyl (C=O) groups is 1. The van der Waals surface area contributed by atoms with Gasteiger partial charge in [0.15, 0.2) is 5.78 Å². The van der Waals surface area contributed by atoms with Crippen LogP contribution in [0.4, 0.5) is 0 Å². The molecule has 14 rings (SSSR count). The molecule has 0 bridgehead atoms. The number of benzene rings is 14. The fourth-order valence-electron chi connectivity index (χ4n) is 11.0. The molecule has 0 heterocycles. The molecule has 14 N–H and O–H groups in total. The molecular formula is C95H90O19S2. The number of hydrogen-bond acceptors (Lipinski definition) is 20. The first-order chi connectivity index (χ1) is 55.5. The van der Waals surface area contributed by atoms with Crippen LogP contribution in [0.25, 0.3) is 11.1 Å². The van der Waals surface area contributed by atoms with Crippen LogP contribution >= 0.6 is 11.8 Å². The quantitative estimate of drug-likeness (QED) is 0.0377. The van der Waals surface area contributed by atoms with Gasteiger partial charge in [0.1, 0.15) is 103 Å². The van der Waals surface area contributed by atoms with Gasteiger partial charge in [-0.15, -0.1) is 0 Å². The zero-order chi connectivity index (χ0) is 83.8. The molecule has 0 saturated heterocycles. The molecule has 0 aliphatic heterocycles. The summed E-state index contributed by atoms with van der Waals surface area (Å²) >= 11 is 1.58. The zero-order valence-corrected chi connectivity index (χ0v) is 65.7. The molecule has 21 heteroatoms. The summed E-state index contributed by atoms with van der Waals surface area (Å²) < 4.78 is 35.2. The van der Waals surface area contributed by atoms with Gasteiger partial charge in [-0.25, -0.2) is 8.42 Å². The Hall–Kier alpha value is -14.2. The Morgan fingerprint density at radius 3 is 0.991 bits per heavy atom. The summed E-state index contributed by atoms with van der Waals surface area (Å²) in [5, 5.41) is 130. The highest BCUT2D eigenvalue weighted by Gasteiger charge is 2.18. The van der Waals surface area contributed by atoms with Crippen LogP contribution in [0.3, 0.4) is 0 Å². The van der Waals surface area contributed by atoms with Gasteiger partial charge in [-0.1, -0.05) is 80.9 Å². The highest BCUT2D eigenvalue weighted by Crippen LogP contribution is 2.35. The van der Waals surface area contributed by atoms with Crippen molar-refractivity contribution in [1.82, 2.24) is 0 Å². The molecule has 19 nitrogen and oxygen atoms in total. The van der Waals surface area contributed by atoms with E-state index in [9.17, 15) is 28.5 Å². The fraction of sp³-hybridized carbons (Fsp3) is 0.105. The number of rotatable bonds is 17. The Bertz CT molecular complexity index is 5200. The number of ether oxygens (including phenoxy) is 2. The van der Waals surface area contributed by atoms with Crippen molar-refractivity contribution in [2.45, 2.75) is 86.3 Å². The smallest absolute Gasteiger partial charge is 0.206 e. The van der Waals surface area contributed by atoms with Crippen molar-refractivity contribution >= 4 is 27.4 Å². The van der Waals surface area contributed by atoms with E-state index in [1.165, 1.54) is 83.9 Å². The Balaban J connectivity index is 0.000000170. The van der Waals surface area contributed by atoms with E-state index >= 15 is 0 Å². The van der Waals surface area contributed by atoms with Crippen molar-refractivity contribution < 1.29 is 94.2 Å². The first-order valence-corrected chi connectivity index (χ1v) is 38.8. The molecule has 596 valence electrons. The summed E-state index contributed by atoms with van der Waals surface area (Å²) in [6.45, 7) is 10.1. The third-order valence-electron chi connectivity index (χ3n) is 17.1. The van der Waals surface area contributed by atoms with E-state index in [0.29, 0.717) is 45.6 Å². The number of hydrogen-bond donors (Lipinski definition) is 14. The second-order valence-electron chi connectivity index (χ2n) is 26.2.